The summed E-state index contributed by atoms with van der Waals surface area (Å²) in [6.07, 6.45) is 0.993. The molecule has 4 unspecified atom stereocenters. The third-order valence-corrected chi connectivity index (χ3v) is 4.30. The fraction of sp³-hybridized carbons (Fsp3) is 0.722. The number of amides is 3. The first kappa shape index (κ1) is 27.3. The topological polar surface area (TPSA) is 214 Å². The van der Waals surface area contributed by atoms with Crippen LogP contribution in [0.15, 0.2) is 0 Å². The highest BCUT2D eigenvalue weighted by molar-refractivity contribution is 5.94. The molecule has 0 bridgehead atoms. The van der Waals surface area contributed by atoms with Crippen LogP contribution >= 0.6 is 0 Å². The zero-order valence-electron chi connectivity index (χ0n) is 17.5. The van der Waals surface area contributed by atoms with Gasteiger partial charge in [-0.15, -0.1) is 0 Å². The van der Waals surface area contributed by atoms with Gasteiger partial charge in [-0.1, -0.05) is 20.3 Å². The number of rotatable bonds is 14. The summed E-state index contributed by atoms with van der Waals surface area (Å²) in [5.74, 6) is -5.38. The molecule has 0 aliphatic heterocycles. The van der Waals surface area contributed by atoms with E-state index in [4.69, 9.17) is 21.7 Å². The van der Waals surface area contributed by atoms with Crippen molar-refractivity contribution >= 4 is 29.7 Å². The second-order valence-corrected chi connectivity index (χ2v) is 7.35. The predicted octanol–water partition coefficient (Wildman–Crippen LogP) is -1.87. The molecule has 0 aromatic carbocycles. The van der Waals surface area contributed by atoms with E-state index in [1.807, 2.05) is 0 Å². The van der Waals surface area contributed by atoms with Gasteiger partial charge in [-0.3, -0.25) is 19.2 Å². The number of nitrogens with two attached hydrogens (primary N) is 2. The third-order valence-electron chi connectivity index (χ3n) is 4.30. The Balaban J connectivity index is 4.93. The van der Waals surface area contributed by atoms with E-state index in [9.17, 15) is 24.0 Å². The molecule has 0 aliphatic rings. The molecular weight excluding hydrogens is 398 g/mol. The lowest BCUT2D eigenvalue weighted by molar-refractivity contribution is -0.147. The number of carbonyl (C=O) groups is 5. The number of carbonyl (C=O) groups excluding carboxylic acids is 3. The Labute approximate surface area is 175 Å². The van der Waals surface area contributed by atoms with Gasteiger partial charge in [0, 0.05) is 0 Å². The molecule has 0 fully saturated rings. The van der Waals surface area contributed by atoms with Crippen molar-refractivity contribution in [2.75, 3.05) is 6.54 Å². The second-order valence-electron chi connectivity index (χ2n) is 7.35. The molecule has 0 aromatic heterocycles. The van der Waals surface area contributed by atoms with Crippen LogP contribution in [0.4, 0.5) is 0 Å². The van der Waals surface area contributed by atoms with Crippen molar-refractivity contribution in [2.24, 2.45) is 17.4 Å². The average molecular weight is 431 g/mol. The number of hydrogen-bond donors (Lipinski definition) is 7. The molecule has 0 aliphatic carbocycles. The third kappa shape index (κ3) is 10.2. The summed E-state index contributed by atoms with van der Waals surface area (Å²) in [6.45, 7) is 5.14. The zero-order valence-corrected chi connectivity index (χ0v) is 17.5. The standard InChI is InChI=1S/C18H33N5O7/c1-9(2)14(17(28)22-12(18(29)30)8-13(24)25)23-15(26)10(3)21-16(27)11(20)6-4-5-7-19/h9-12,14H,4-8,19-20H2,1-3H3,(H,21,27)(H,22,28)(H,23,26)(H,24,25)(H,29,30). The summed E-state index contributed by atoms with van der Waals surface area (Å²) in [7, 11) is 0. The molecule has 3 amide bonds. The molecule has 0 rings (SSSR count). The maximum absolute atomic E-state index is 12.4. The molecule has 0 spiro atoms. The summed E-state index contributed by atoms with van der Waals surface area (Å²) in [5.41, 5.74) is 11.2. The first-order chi connectivity index (χ1) is 13.9. The van der Waals surface area contributed by atoms with Crippen LogP contribution in [0.3, 0.4) is 0 Å². The minimum Gasteiger partial charge on any atom is -0.481 e. The number of hydrogen-bond acceptors (Lipinski definition) is 7. The molecule has 12 heteroatoms. The van der Waals surface area contributed by atoms with E-state index < -0.39 is 66.2 Å². The molecule has 9 N–H and O–H groups in total. The van der Waals surface area contributed by atoms with Crippen LogP contribution in [-0.2, 0) is 24.0 Å². The van der Waals surface area contributed by atoms with Gasteiger partial charge >= 0.3 is 11.9 Å². The fourth-order valence-electron chi connectivity index (χ4n) is 2.48. The van der Waals surface area contributed by atoms with Crippen LogP contribution in [0, 0.1) is 5.92 Å². The Morgan fingerprint density at radius 2 is 1.47 bits per heavy atom. The van der Waals surface area contributed by atoms with E-state index in [1.165, 1.54) is 6.92 Å². The Morgan fingerprint density at radius 3 is 1.93 bits per heavy atom. The van der Waals surface area contributed by atoms with E-state index in [-0.39, 0.29) is 0 Å². The normalized spacial score (nSPS) is 14.9. The molecule has 4 atom stereocenters. The SMILES string of the molecule is CC(NC(=O)C(N)CCCCN)C(=O)NC(C(=O)NC(CC(=O)O)C(=O)O)C(C)C. The Kier molecular flexibility index (Phi) is 12.3. The van der Waals surface area contributed by atoms with Crippen LogP contribution in [0.2, 0.25) is 0 Å². The lowest BCUT2D eigenvalue weighted by atomic mass is 10.0. The quantitative estimate of drug-likeness (QED) is 0.153. The van der Waals surface area contributed by atoms with Crippen LogP contribution in [0.25, 0.3) is 0 Å². The van der Waals surface area contributed by atoms with Gasteiger partial charge in [-0.2, -0.15) is 0 Å². The van der Waals surface area contributed by atoms with Gasteiger partial charge < -0.3 is 37.6 Å². The van der Waals surface area contributed by atoms with Crippen LogP contribution < -0.4 is 27.4 Å². The Hall–Kier alpha value is -2.73. The molecule has 172 valence electrons. The molecule has 0 heterocycles. The number of carboxylic acid groups (broad SMARTS) is 2. The van der Waals surface area contributed by atoms with E-state index in [1.54, 1.807) is 13.8 Å². The molecule has 0 saturated carbocycles. The van der Waals surface area contributed by atoms with Gasteiger partial charge in [-0.25, -0.2) is 4.79 Å². The van der Waals surface area contributed by atoms with Gasteiger partial charge in [0.25, 0.3) is 0 Å². The summed E-state index contributed by atoms with van der Waals surface area (Å²) < 4.78 is 0. The minimum atomic E-state index is -1.64. The van der Waals surface area contributed by atoms with Crippen molar-refractivity contribution < 1.29 is 34.2 Å². The minimum absolute atomic E-state index is 0.411. The lowest BCUT2D eigenvalue weighted by Crippen LogP contribution is -2.58. The van der Waals surface area contributed by atoms with Crippen molar-refractivity contribution in [2.45, 2.75) is 70.6 Å². The Bertz CT molecular complexity index is 626. The Morgan fingerprint density at radius 1 is 0.867 bits per heavy atom. The highest BCUT2D eigenvalue weighted by Crippen LogP contribution is 2.05. The number of nitrogens with one attached hydrogen (secondary N) is 3. The van der Waals surface area contributed by atoms with E-state index in [0.29, 0.717) is 19.4 Å². The maximum atomic E-state index is 12.4. The largest absolute Gasteiger partial charge is 0.481 e. The zero-order chi connectivity index (χ0) is 23.4. The van der Waals surface area contributed by atoms with E-state index in [2.05, 4.69) is 16.0 Å². The van der Waals surface area contributed by atoms with Crippen LogP contribution in [-0.4, -0.2) is 70.6 Å². The monoisotopic (exact) mass is 431 g/mol. The fourth-order valence-corrected chi connectivity index (χ4v) is 2.48. The van der Waals surface area contributed by atoms with Crippen molar-refractivity contribution in [3.63, 3.8) is 0 Å². The molecule has 0 saturated heterocycles. The highest BCUT2D eigenvalue weighted by Gasteiger charge is 2.31. The molecular formula is C18H33N5O7. The van der Waals surface area contributed by atoms with Crippen molar-refractivity contribution in [3.8, 4) is 0 Å². The smallest absolute Gasteiger partial charge is 0.326 e. The summed E-state index contributed by atoms with van der Waals surface area (Å²) in [6, 6.07) is -4.58. The van der Waals surface area contributed by atoms with Gasteiger partial charge in [0.05, 0.1) is 12.5 Å². The number of carboxylic acids is 2. The second kappa shape index (κ2) is 13.5. The average Bonchev–Trinajstić information content (AvgIpc) is 2.64. The number of unbranched alkanes of at least 4 members (excludes halogenated alkanes) is 1. The van der Waals surface area contributed by atoms with E-state index >= 15 is 0 Å². The summed E-state index contributed by atoms with van der Waals surface area (Å²) in [4.78, 5) is 58.8. The summed E-state index contributed by atoms with van der Waals surface area (Å²) >= 11 is 0. The van der Waals surface area contributed by atoms with Gasteiger partial charge in [0.2, 0.25) is 17.7 Å². The van der Waals surface area contributed by atoms with Crippen LogP contribution in [0.1, 0.15) is 46.5 Å². The molecule has 0 radical (unpaired) electrons. The number of aliphatic carboxylic acids is 2. The van der Waals surface area contributed by atoms with E-state index in [0.717, 1.165) is 6.42 Å². The first-order valence-electron chi connectivity index (χ1n) is 9.72. The highest BCUT2D eigenvalue weighted by atomic mass is 16.4. The van der Waals surface area contributed by atoms with Gasteiger partial charge in [0.15, 0.2) is 0 Å². The van der Waals surface area contributed by atoms with Crippen molar-refractivity contribution in [1.82, 2.24) is 16.0 Å². The maximum Gasteiger partial charge on any atom is 0.326 e. The predicted molar refractivity (Wildman–Crippen MR) is 107 cm³/mol. The van der Waals surface area contributed by atoms with Gasteiger partial charge in [-0.05, 0) is 32.2 Å². The first-order valence-corrected chi connectivity index (χ1v) is 9.72. The summed E-state index contributed by atoms with van der Waals surface area (Å²) in [5, 5.41) is 24.8. The molecule has 12 nitrogen and oxygen atoms in total. The lowest BCUT2D eigenvalue weighted by Gasteiger charge is -2.25. The van der Waals surface area contributed by atoms with Crippen molar-refractivity contribution in [3.05, 3.63) is 0 Å². The van der Waals surface area contributed by atoms with Crippen molar-refractivity contribution in [1.29, 1.82) is 0 Å². The van der Waals surface area contributed by atoms with Gasteiger partial charge in [0.1, 0.15) is 18.1 Å². The molecule has 30 heavy (non-hydrogen) atoms. The molecule has 0 aromatic rings. The van der Waals surface area contributed by atoms with Crippen LogP contribution in [0.5, 0.6) is 0 Å².